The third-order valence-electron chi connectivity index (χ3n) is 3.79. The van der Waals surface area contributed by atoms with Crippen molar-refractivity contribution < 1.29 is 13.6 Å². The number of carbonyl (C=O) groups excluding carboxylic acids is 1. The molecule has 0 aliphatic heterocycles. The second kappa shape index (κ2) is 6.57. The van der Waals surface area contributed by atoms with Crippen molar-refractivity contribution in [3.63, 3.8) is 0 Å². The highest BCUT2D eigenvalue weighted by atomic mass is 19.1. The maximum atomic E-state index is 13.2. The summed E-state index contributed by atoms with van der Waals surface area (Å²) in [6.07, 6.45) is 1.72. The van der Waals surface area contributed by atoms with Crippen molar-refractivity contribution in [2.75, 3.05) is 0 Å². The van der Waals surface area contributed by atoms with E-state index in [1.165, 1.54) is 12.1 Å². The van der Waals surface area contributed by atoms with Gasteiger partial charge in [0.1, 0.15) is 17.7 Å². The molecule has 0 spiro atoms. The number of fused-ring (bicyclic) bond motifs is 1. The Morgan fingerprint density at radius 1 is 1.04 bits per heavy atom. The predicted octanol–water partition coefficient (Wildman–Crippen LogP) is 3.53. The molecule has 0 N–H and O–H groups in total. The Labute approximate surface area is 132 Å². The highest BCUT2D eigenvalue weighted by Crippen LogP contribution is 2.17. The molecule has 0 bridgehead atoms. The van der Waals surface area contributed by atoms with E-state index < -0.39 is 11.4 Å². The normalized spacial score (nSPS) is 12.2. The minimum absolute atomic E-state index is 0.212. The van der Waals surface area contributed by atoms with Crippen LogP contribution in [0.2, 0.25) is 0 Å². The molecule has 4 heteroatoms. The number of hydrogen-bond donors (Lipinski definition) is 0. The molecule has 0 aliphatic rings. The van der Waals surface area contributed by atoms with E-state index in [9.17, 15) is 14.0 Å². The van der Waals surface area contributed by atoms with Crippen LogP contribution in [0.25, 0.3) is 11.0 Å². The van der Waals surface area contributed by atoms with E-state index in [1.807, 2.05) is 30.3 Å². The fourth-order valence-corrected chi connectivity index (χ4v) is 2.64. The molecule has 3 rings (SSSR count). The van der Waals surface area contributed by atoms with Gasteiger partial charge in [-0.3, -0.25) is 0 Å². The van der Waals surface area contributed by atoms with E-state index in [0.717, 1.165) is 11.8 Å². The Hall–Kier alpha value is -2.75. The van der Waals surface area contributed by atoms with Crippen LogP contribution < -0.4 is 5.63 Å². The summed E-state index contributed by atoms with van der Waals surface area (Å²) in [7, 11) is 0. The molecule has 0 aliphatic carbocycles. The summed E-state index contributed by atoms with van der Waals surface area (Å²) in [4.78, 5) is 23.4. The van der Waals surface area contributed by atoms with E-state index in [2.05, 4.69) is 0 Å². The van der Waals surface area contributed by atoms with E-state index in [-0.39, 0.29) is 11.5 Å². The van der Waals surface area contributed by atoms with Gasteiger partial charge in [-0.2, -0.15) is 0 Å². The molecule has 1 heterocycles. The minimum atomic E-state index is -0.525. The van der Waals surface area contributed by atoms with Gasteiger partial charge < -0.3 is 9.21 Å². The zero-order valence-corrected chi connectivity index (χ0v) is 12.4. The van der Waals surface area contributed by atoms with Crippen LogP contribution in [0.1, 0.15) is 11.1 Å². The SMILES string of the molecule is O=CC(Cc1ccccc1)Cc1cc2ccc(F)cc2oc1=O. The quantitative estimate of drug-likeness (QED) is 0.535. The third kappa shape index (κ3) is 3.54. The van der Waals surface area contributed by atoms with Gasteiger partial charge in [0.15, 0.2) is 0 Å². The smallest absolute Gasteiger partial charge is 0.339 e. The summed E-state index contributed by atoms with van der Waals surface area (Å²) < 4.78 is 18.3. The van der Waals surface area contributed by atoms with Crippen molar-refractivity contribution >= 4 is 17.3 Å². The monoisotopic (exact) mass is 310 g/mol. The Balaban J connectivity index is 1.87. The van der Waals surface area contributed by atoms with Gasteiger partial charge in [0, 0.05) is 22.9 Å². The van der Waals surface area contributed by atoms with Crippen molar-refractivity contribution in [1.29, 1.82) is 0 Å². The second-order valence-corrected chi connectivity index (χ2v) is 5.53. The summed E-state index contributed by atoms with van der Waals surface area (Å²) in [5.41, 5.74) is 1.15. The first kappa shape index (κ1) is 15.2. The lowest BCUT2D eigenvalue weighted by molar-refractivity contribution is -0.111. The first-order valence-electron chi connectivity index (χ1n) is 7.37. The van der Waals surface area contributed by atoms with Crippen molar-refractivity contribution in [1.82, 2.24) is 0 Å². The molecule has 3 aromatic rings. The van der Waals surface area contributed by atoms with Crippen molar-refractivity contribution in [3.8, 4) is 0 Å². The van der Waals surface area contributed by atoms with Crippen LogP contribution in [0.5, 0.6) is 0 Å². The topological polar surface area (TPSA) is 47.3 Å². The number of halogens is 1. The summed E-state index contributed by atoms with van der Waals surface area (Å²) in [6.45, 7) is 0. The fourth-order valence-electron chi connectivity index (χ4n) is 2.64. The first-order chi connectivity index (χ1) is 11.2. The molecule has 3 nitrogen and oxygen atoms in total. The molecule has 23 heavy (non-hydrogen) atoms. The number of rotatable bonds is 5. The average Bonchev–Trinajstić information content (AvgIpc) is 2.56. The number of carbonyl (C=O) groups is 1. The summed E-state index contributed by atoms with van der Waals surface area (Å²) in [5.74, 6) is -0.763. The van der Waals surface area contributed by atoms with Gasteiger partial charge >= 0.3 is 5.63 Å². The molecule has 0 radical (unpaired) electrons. The van der Waals surface area contributed by atoms with E-state index in [0.29, 0.717) is 23.8 Å². The minimum Gasteiger partial charge on any atom is -0.422 e. The van der Waals surface area contributed by atoms with Crippen LogP contribution in [-0.2, 0) is 17.6 Å². The molecule has 2 aromatic carbocycles. The van der Waals surface area contributed by atoms with Gasteiger partial charge in [0.2, 0.25) is 0 Å². The number of benzene rings is 2. The number of hydrogen-bond acceptors (Lipinski definition) is 3. The van der Waals surface area contributed by atoms with Crippen LogP contribution in [0.3, 0.4) is 0 Å². The predicted molar refractivity (Wildman–Crippen MR) is 85.8 cm³/mol. The molecule has 116 valence electrons. The third-order valence-corrected chi connectivity index (χ3v) is 3.79. The zero-order chi connectivity index (χ0) is 16.2. The van der Waals surface area contributed by atoms with E-state index >= 15 is 0 Å². The van der Waals surface area contributed by atoms with Gasteiger partial charge in [0.25, 0.3) is 0 Å². The van der Waals surface area contributed by atoms with Gasteiger partial charge in [-0.25, -0.2) is 9.18 Å². The molecule has 0 saturated carbocycles. The molecule has 1 atom stereocenters. The van der Waals surface area contributed by atoms with Gasteiger partial charge in [0.05, 0.1) is 0 Å². The van der Waals surface area contributed by atoms with E-state index in [1.54, 1.807) is 12.1 Å². The maximum absolute atomic E-state index is 13.2. The standard InChI is InChI=1S/C19H15FO3/c20-17-7-6-15-10-16(19(22)23-18(15)11-17)9-14(12-21)8-13-4-2-1-3-5-13/h1-7,10-12,14H,8-9H2. The Morgan fingerprint density at radius 2 is 1.83 bits per heavy atom. The summed E-state index contributed by atoms with van der Waals surface area (Å²) >= 11 is 0. The van der Waals surface area contributed by atoms with Crippen molar-refractivity contribution in [2.24, 2.45) is 5.92 Å². The van der Waals surface area contributed by atoms with Crippen LogP contribution in [-0.4, -0.2) is 6.29 Å². The van der Waals surface area contributed by atoms with E-state index in [4.69, 9.17) is 4.42 Å². The maximum Gasteiger partial charge on any atom is 0.339 e. The fraction of sp³-hybridized carbons (Fsp3) is 0.158. The lowest BCUT2D eigenvalue weighted by Gasteiger charge is -2.10. The molecular formula is C19H15FO3. The van der Waals surface area contributed by atoms with Gasteiger partial charge in [-0.1, -0.05) is 30.3 Å². The second-order valence-electron chi connectivity index (χ2n) is 5.53. The Kier molecular flexibility index (Phi) is 4.33. The summed E-state index contributed by atoms with van der Waals surface area (Å²) in [6, 6.07) is 15.4. The van der Waals surface area contributed by atoms with Crippen LogP contribution in [0.4, 0.5) is 4.39 Å². The molecule has 1 aromatic heterocycles. The first-order valence-corrected chi connectivity index (χ1v) is 7.37. The lowest BCUT2D eigenvalue weighted by Crippen LogP contribution is -2.16. The molecule has 0 fully saturated rings. The van der Waals surface area contributed by atoms with Crippen LogP contribution in [0.15, 0.2) is 63.8 Å². The molecular weight excluding hydrogens is 295 g/mol. The molecule has 1 unspecified atom stereocenters. The van der Waals surface area contributed by atoms with Crippen molar-refractivity contribution in [3.05, 3.63) is 82.0 Å². The average molecular weight is 310 g/mol. The number of aldehydes is 1. The van der Waals surface area contributed by atoms with Crippen molar-refractivity contribution in [2.45, 2.75) is 12.8 Å². The largest absolute Gasteiger partial charge is 0.422 e. The highest BCUT2D eigenvalue weighted by Gasteiger charge is 2.14. The van der Waals surface area contributed by atoms with Crippen LogP contribution in [0, 0.1) is 11.7 Å². The molecule has 0 amide bonds. The van der Waals surface area contributed by atoms with Gasteiger partial charge in [-0.15, -0.1) is 0 Å². The lowest BCUT2D eigenvalue weighted by atomic mass is 9.94. The Morgan fingerprint density at radius 3 is 2.57 bits per heavy atom. The highest BCUT2D eigenvalue weighted by molar-refractivity contribution is 5.77. The molecule has 0 saturated heterocycles. The summed E-state index contributed by atoms with van der Waals surface area (Å²) in [5, 5.41) is 0.644. The van der Waals surface area contributed by atoms with Crippen LogP contribution >= 0.6 is 0 Å². The van der Waals surface area contributed by atoms with Gasteiger partial charge in [-0.05, 0) is 36.6 Å². The zero-order valence-electron chi connectivity index (χ0n) is 12.4. The Bertz CT molecular complexity index is 884.